The maximum atomic E-state index is 14.5. The quantitative estimate of drug-likeness (QED) is 0.556. The van der Waals surface area contributed by atoms with Crippen molar-refractivity contribution in [3.8, 4) is 6.07 Å². The van der Waals surface area contributed by atoms with Gasteiger partial charge in [-0.2, -0.15) is 5.26 Å². The summed E-state index contributed by atoms with van der Waals surface area (Å²) in [6.07, 6.45) is 0.276. The Kier molecular flexibility index (Phi) is 8.10. The van der Waals surface area contributed by atoms with Crippen LogP contribution in [0.25, 0.3) is 0 Å². The normalized spacial score (nSPS) is 31.4. The van der Waals surface area contributed by atoms with Crippen molar-refractivity contribution in [1.29, 1.82) is 5.26 Å². The Hall–Kier alpha value is -2.21. The van der Waals surface area contributed by atoms with Gasteiger partial charge in [-0.1, -0.05) is 20.8 Å². The number of nitrogens with one attached hydrogen (secondary N) is 1. The molecule has 200 valence electrons. The van der Waals surface area contributed by atoms with Crippen LogP contribution in [0.2, 0.25) is 0 Å². The molecule has 1 saturated carbocycles. The van der Waals surface area contributed by atoms with E-state index in [1.54, 1.807) is 0 Å². The average molecular weight is 525 g/mol. The molecule has 36 heavy (non-hydrogen) atoms. The highest BCUT2D eigenvalue weighted by Gasteiger charge is 2.54. The van der Waals surface area contributed by atoms with E-state index in [1.807, 2.05) is 20.8 Å². The van der Waals surface area contributed by atoms with E-state index in [0.29, 0.717) is 12.8 Å². The van der Waals surface area contributed by atoms with Gasteiger partial charge in [-0.05, 0) is 63.7 Å². The van der Waals surface area contributed by atoms with Crippen LogP contribution in [-0.2, 0) is 19.2 Å². The van der Waals surface area contributed by atoms with E-state index in [1.165, 1.54) is 30.6 Å². The molecular weight excluding hydrogens is 487 g/mol. The Labute approximate surface area is 217 Å². The molecule has 10 heteroatoms. The number of alkyl halides is 2. The SMILES string of the molecule is CC(=O)[C@H]1C[C@@H](C#N)N(C(=O)[C@@H]2[C@H]3C[C@H](F)CCC3CN2C(=O)[C@@H](NC(=O)C(C)(C)Cl)C(C)(C)C)C1. The van der Waals surface area contributed by atoms with Crippen molar-refractivity contribution < 1.29 is 23.6 Å². The van der Waals surface area contributed by atoms with Gasteiger partial charge < -0.3 is 15.1 Å². The number of ketones is 1. The first-order valence-electron chi connectivity index (χ1n) is 12.7. The Morgan fingerprint density at radius 2 is 1.69 bits per heavy atom. The predicted octanol–water partition coefficient (Wildman–Crippen LogP) is 2.83. The molecule has 0 aromatic carbocycles. The number of nitriles is 1. The van der Waals surface area contributed by atoms with E-state index in [9.17, 15) is 28.8 Å². The Bertz CT molecular complexity index is 953. The molecule has 0 aromatic heterocycles. The molecule has 0 spiro atoms. The number of hydrogen-bond acceptors (Lipinski definition) is 5. The summed E-state index contributed by atoms with van der Waals surface area (Å²) >= 11 is 6.20. The van der Waals surface area contributed by atoms with Crippen LogP contribution in [0.1, 0.15) is 67.2 Å². The molecule has 3 amide bonds. The third-order valence-electron chi connectivity index (χ3n) is 7.93. The van der Waals surface area contributed by atoms with Crippen LogP contribution in [0.3, 0.4) is 0 Å². The van der Waals surface area contributed by atoms with Crippen molar-refractivity contribution in [2.75, 3.05) is 13.1 Å². The van der Waals surface area contributed by atoms with Crippen LogP contribution in [0.5, 0.6) is 0 Å². The van der Waals surface area contributed by atoms with Gasteiger partial charge in [-0.25, -0.2) is 4.39 Å². The highest BCUT2D eigenvalue weighted by molar-refractivity contribution is 6.34. The van der Waals surface area contributed by atoms with Crippen molar-refractivity contribution in [2.24, 2.45) is 23.2 Å². The molecule has 1 aliphatic carbocycles. The Balaban J connectivity index is 1.97. The minimum absolute atomic E-state index is 0.0533. The average Bonchev–Trinajstić information content (AvgIpc) is 3.36. The monoisotopic (exact) mass is 524 g/mol. The van der Waals surface area contributed by atoms with E-state index in [0.717, 1.165) is 0 Å². The molecule has 2 heterocycles. The molecule has 3 fully saturated rings. The zero-order chi connectivity index (χ0) is 27.2. The van der Waals surface area contributed by atoms with Crippen molar-refractivity contribution in [3.63, 3.8) is 0 Å². The predicted molar refractivity (Wildman–Crippen MR) is 132 cm³/mol. The summed E-state index contributed by atoms with van der Waals surface area (Å²) in [5.74, 6) is -2.32. The summed E-state index contributed by atoms with van der Waals surface area (Å²) in [4.78, 5) is 54.4. The van der Waals surface area contributed by atoms with Crippen LogP contribution < -0.4 is 5.32 Å². The lowest BCUT2D eigenvalue weighted by atomic mass is 9.77. The smallest absolute Gasteiger partial charge is 0.246 e. The fourth-order valence-corrected chi connectivity index (χ4v) is 5.81. The number of carbonyl (C=O) groups is 4. The highest BCUT2D eigenvalue weighted by atomic mass is 35.5. The first kappa shape index (κ1) is 28.4. The van der Waals surface area contributed by atoms with Gasteiger partial charge in [-0.15, -0.1) is 11.6 Å². The zero-order valence-corrected chi connectivity index (χ0v) is 22.8. The first-order chi connectivity index (χ1) is 16.6. The minimum Gasteiger partial charge on any atom is -0.342 e. The van der Waals surface area contributed by atoms with E-state index in [2.05, 4.69) is 11.4 Å². The molecule has 3 rings (SSSR count). The summed E-state index contributed by atoms with van der Waals surface area (Å²) in [7, 11) is 0. The summed E-state index contributed by atoms with van der Waals surface area (Å²) in [5.41, 5.74) is -0.693. The standard InChI is InChI=1S/C26H38ClFN4O4/c1-14(33)16-9-18(11-29)31(13-16)22(34)20-19-10-17(28)8-7-15(19)12-32(20)23(35)21(25(2,3)4)30-24(36)26(5,6)27/h15-21H,7-10,12-13H2,1-6H3,(H,30,36)/t15?,16-,17+,18-,19-,20-,21+/m0/s1. The molecule has 2 saturated heterocycles. The molecule has 7 atom stereocenters. The highest BCUT2D eigenvalue weighted by Crippen LogP contribution is 2.44. The van der Waals surface area contributed by atoms with Gasteiger partial charge in [0.1, 0.15) is 35.0 Å². The third kappa shape index (κ3) is 5.69. The van der Waals surface area contributed by atoms with Crippen molar-refractivity contribution in [2.45, 2.75) is 96.4 Å². The van der Waals surface area contributed by atoms with E-state index in [4.69, 9.17) is 11.6 Å². The van der Waals surface area contributed by atoms with Crippen LogP contribution in [0.4, 0.5) is 4.39 Å². The van der Waals surface area contributed by atoms with Gasteiger partial charge in [0.15, 0.2) is 0 Å². The second-order valence-corrected chi connectivity index (χ2v) is 13.1. The van der Waals surface area contributed by atoms with Gasteiger partial charge >= 0.3 is 0 Å². The molecule has 2 aliphatic heterocycles. The lowest BCUT2D eigenvalue weighted by Gasteiger charge is -2.38. The number of hydrogen-bond donors (Lipinski definition) is 1. The van der Waals surface area contributed by atoms with E-state index in [-0.39, 0.29) is 43.6 Å². The summed E-state index contributed by atoms with van der Waals surface area (Å²) < 4.78 is 14.5. The maximum Gasteiger partial charge on any atom is 0.246 e. The summed E-state index contributed by atoms with van der Waals surface area (Å²) in [6.45, 7) is 10.4. The number of amides is 3. The van der Waals surface area contributed by atoms with Crippen LogP contribution in [-0.4, -0.2) is 75.6 Å². The van der Waals surface area contributed by atoms with Crippen molar-refractivity contribution in [1.82, 2.24) is 15.1 Å². The number of fused-ring (bicyclic) bond motifs is 1. The minimum atomic E-state index is -1.24. The van der Waals surface area contributed by atoms with Crippen LogP contribution in [0, 0.1) is 34.5 Å². The molecule has 1 N–H and O–H groups in total. The van der Waals surface area contributed by atoms with E-state index < -0.39 is 58.2 Å². The number of rotatable bonds is 5. The number of Topliss-reactive ketones (excluding diaryl/α,β-unsaturated/α-hetero) is 1. The maximum absolute atomic E-state index is 14.5. The first-order valence-corrected chi connectivity index (χ1v) is 13.1. The second kappa shape index (κ2) is 10.3. The largest absolute Gasteiger partial charge is 0.342 e. The molecule has 0 bridgehead atoms. The number of halogens is 2. The van der Waals surface area contributed by atoms with Crippen LogP contribution >= 0.6 is 11.6 Å². The van der Waals surface area contributed by atoms with Gasteiger partial charge in [0.25, 0.3) is 0 Å². The third-order valence-corrected chi connectivity index (χ3v) is 8.10. The number of likely N-dealkylation sites (tertiary alicyclic amines) is 2. The Morgan fingerprint density at radius 1 is 1.06 bits per heavy atom. The molecule has 1 unspecified atom stereocenters. The number of carbonyl (C=O) groups excluding carboxylic acids is 4. The van der Waals surface area contributed by atoms with Crippen molar-refractivity contribution >= 4 is 35.1 Å². The van der Waals surface area contributed by atoms with Gasteiger partial charge in [0.2, 0.25) is 17.7 Å². The number of nitrogens with zero attached hydrogens (tertiary/aromatic N) is 3. The molecule has 0 aromatic rings. The fourth-order valence-electron chi connectivity index (χ4n) is 5.75. The Morgan fingerprint density at radius 3 is 2.22 bits per heavy atom. The van der Waals surface area contributed by atoms with Gasteiger partial charge in [0.05, 0.1) is 6.07 Å². The van der Waals surface area contributed by atoms with Crippen LogP contribution in [0.15, 0.2) is 0 Å². The molecule has 8 nitrogen and oxygen atoms in total. The van der Waals surface area contributed by atoms with Crippen molar-refractivity contribution in [3.05, 3.63) is 0 Å². The fraction of sp³-hybridized carbons (Fsp3) is 0.808. The topological polar surface area (TPSA) is 111 Å². The lowest BCUT2D eigenvalue weighted by molar-refractivity contribution is -0.149. The molecule has 0 radical (unpaired) electrons. The summed E-state index contributed by atoms with van der Waals surface area (Å²) in [6, 6.07) is -0.568. The summed E-state index contributed by atoms with van der Waals surface area (Å²) in [5, 5.41) is 12.5. The van der Waals surface area contributed by atoms with Gasteiger partial charge in [-0.3, -0.25) is 19.2 Å². The lowest BCUT2D eigenvalue weighted by Crippen LogP contribution is -2.60. The zero-order valence-electron chi connectivity index (χ0n) is 22.0. The second-order valence-electron chi connectivity index (χ2n) is 12.2. The van der Waals surface area contributed by atoms with Gasteiger partial charge in [0, 0.05) is 19.0 Å². The van der Waals surface area contributed by atoms with E-state index >= 15 is 0 Å². The molecule has 3 aliphatic rings. The molecular formula is C26H38ClFN4O4.